The van der Waals surface area contributed by atoms with Crippen molar-refractivity contribution in [2.75, 3.05) is 6.61 Å². The number of phosphoric ester groups is 1. The summed E-state index contributed by atoms with van der Waals surface area (Å²) in [5, 5.41) is 74.7. The number of phosphoric acid groups is 1. The fraction of sp³-hybridized carbons (Fsp3) is 0.979. The Morgan fingerprint density at radius 3 is 1.18 bits per heavy atom. The third-order valence-electron chi connectivity index (χ3n) is 12.5. The molecule has 8 atom stereocenters. The number of hydrogen-bond acceptors (Lipinski definition) is 11. The molecule has 0 heterocycles. The largest absolute Gasteiger partial charge is 0.472 e. The van der Waals surface area contributed by atoms with Gasteiger partial charge in [0, 0.05) is 0 Å². The predicted molar refractivity (Wildman–Crippen MR) is 243 cm³/mol. The summed E-state index contributed by atoms with van der Waals surface area (Å²) < 4.78 is 23.0. The lowest BCUT2D eigenvalue weighted by Gasteiger charge is -2.41. The molecule has 0 aromatic rings. The topological polar surface area (TPSA) is 226 Å². The van der Waals surface area contributed by atoms with Crippen molar-refractivity contribution in [1.82, 2.24) is 5.32 Å². The van der Waals surface area contributed by atoms with Gasteiger partial charge < -0.3 is 46.0 Å². The van der Waals surface area contributed by atoms with Crippen LogP contribution in [-0.4, -0.2) is 108 Å². The smallest absolute Gasteiger partial charge is 0.393 e. The van der Waals surface area contributed by atoms with E-state index in [1.807, 2.05) is 0 Å². The van der Waals surface area contributed by atoms with Crippen LogP contribution in [0.1, 0.15) is 232 Å². The molecule has 0 bridgehead atoms. The highest BCUT2D eigenvalue weighted by Gasteiger charge is 2.51. The fourth-order valence-corrected chi connectivity index (χ4v) is 9.33. The van der Waals surface area contributed by atoms with Crippen LogP contribution in [-0.2, 0) is 18.4 Å². The van der Waals surface area contributed by atoms with Crippen LogP contribution in [0.25, 0.3) is 0 Å². The highest BCUT2D eigenvalue weighted by atomic mass is 31.2. The summed E-state index contributed by atoms with van der Waals surface area (Å²) >= 11 is 0. The lowest BCUT2D eigenvalue weighted by atomic mass is 9.85. The molecule has 0 radical (unpaired) electrons. The molecule has 1 amide bonds. The van der Waals surface area contributed by atoms with Gasteiger partial charge in [-0.3, -0.25) is 13.8 Å². The first-order chi connectivity index (χ1) is 29.3. The van der Waals surface area contributed by atoms with Crippen molar-refractivity contribution in [2.24, 2.45) is 0 Å². The molecular weight excluding hydrogens is 801 g/mol. The van der Waals surface area contributed by atoms with E-state index in [9.17, 15) is 50.0 Å². The van der Waals surface area contributed by atoms with Crippen LogP contribution >= 0.6 is 7.82 Å². The van der Waals surface area contributed by atoms with Crippen molar-refractivity contribution in [3.8, 4) is 0 Å². The molecule has 1 rings (SSSR count). The molecule has 9 N–H and O–H groups in total. The Kier molecular flexibility index (Phi) is 35.9. The van der Waals surface area contributed by atoms with Gasteiger partial charge in [-0.2, -0.15) is 0 Å². The van der Waals surface area contributed by atoms with Crippen LogP contribution in [0, 0.1) is 0 Å². The van der Waals surface area contributed by atoms with Crippen LogP contribution in [0.2, 0.25) is 0 Å². The Morgan fingerprint density at radius 2 is 0.820 bits per heavy atom. The first-order valence-corrected chi connectivity index (χ1v) is 26.6. The van der Waals surface area contributed by atoms with Crippen LogP contribution in [0.15, 0.2) is 0 Å². The van der Waals surface area contributed by atoms with Crippen LogP contribution in [0.4, 0.5) is 0 Å². The van der Waals surface area contributed by atoms with Gasteiger partial charge in [0.15, 0.2) is 0 Å². The van der Waals surface area contributed by atoms with E-state index in [4.69, 9.17) is 9.05 Å². The van der Waals surface area contributed by atoms with Crippen molar-refractivity contribution < 1.29 is 59.0 Å². The number of rotatable bonds is 42. The Labute approximate surface area is 370 Å². The van der Waals surface area contributed by atoms with Gasteiger partial charge in [0.2, 0.25) is 5.91 Å². The molecule has 1 saturated carbocycles. The molecule has 0 spiro atoms. The maximum absolute atomic E-state index is 13.0. The number of carbonyl (C=O) groups excluding carboxylic acids is 1. The number of amides is 1. The molecule has 61 heavy (non-hydrogen) atoms. The maximum Gasteiger partial charge on any atom is 0.472 e. The first kappa shape index (κ1) is 58.3. The highest BCUT2D eigenvalue weighted by Crippen LogP contribution is 2.47. The summed E-state index contributed by atoms with van der Waals surface area (Å²) in [7, 11) is -5.11. The van der Waals surface area contributed by atoms with E-state index in [-0.39, 0.29) is 12.8 Å². The van der Waals surface area contributed by atoms with E-state index in [0.29, 0.717) is 12.8 Å². The average Bonchev–Trinajstić information content (AvgIpc) is 3.23. The molecule has 1 aliphatic carbocycles. The zero-order chi connectivity index (χ0) is 45.1. The molecule has 1 fully saturated rings. The van der Waals surface area contributed by atoms with Gasteiger partial charge >= 0.3 is 7.82 Å². The van der Waals surface area contributed by atoms with Gasteiger partial charge in [0.05, 0.1) is 31.3 Å². The van der Waals surface area contributed by atoms with Gasteiger partial charge in [-0.25, -0.2) is 4.57 Å². The number of unbranched alkanes of at least 4 members (excludes halogenated alkanes) is 29. The molecule has 14 heteroatoms. The summed E-state index contributed by atoms with van der Waals surface area (Å²) in [6, 6.07) is -1.15. The number of hydrogen-bond donors (Lipinski definition) is 9. The Morgan fingerprint density at radius 1 is 0.508 bits per heavy atom. The molecule has 8 unspecified atom stereocenters. The number of aliphatic hydroxyl groups is 7. The van der Waals surface area contributed by atoms with Gasteiger partial charge in [-0.05, 0) is 12.8 Å². The highest BCUT2D eigenvalue weighted by molar-refractivity contribution is 7.47. The van der Waals surface area contributed by atoms with Crippen molar-refractivity contribution >= 4 is 13.7 Å². The third kappa shape index (κ3) is 29.5. The Balaban J connectivity index is 2.45. The minimum absolute atomic E-state index is 0.216. The third-order valence-corrected chi connectivity index (χ3v) is 13.5. The monoisotopic (exact) mass is 896 g/mol. The van der Waals surface area contributed by atoms with Gasteiger partial charge in [0.1, 0.15) is 36.6 Å². The van der Waals surface area contributed by atoms with Crippen LogP contribution in [0.3, 0.4) is 0 Å². The molecular formula is C47H94NO12P. The molecule has 364 valence electrons. The van der Waals surface area contributed by atoms with E-state index >= 15 is 0 Å². The standard InChI is InChI=1S/C47H94NO12P/c1-3-5-7-9-11-13-15-16-17-18-19-20-21-22-23-25-27-29-31-33-35-40(50)39(37-59-61(57,58)60-47-45(55)43(53)42(52)44(54)46(47)56)48-41(51)36-38(49)34-32-30-28-26-24-14-12-10-8-6-4-2/h38-40,42-47,49-50,52-56H,3-37H2,1-2H3,(H,48,51)(H,57,58). The van der Waals surface area contributed by atoms with E-state index in [2.05, 4.69) is 19.2 Å². The van der Waals surface area contributed by atoms with Crippen molar-refractivity contribution in [1.29, 1.82) is 0 Å². The van der Waals surface area contributed by atoms with Gasteiger partial charge in [-0.1, -0.05) is 213 Å². The Hall–Kier alpha value is -0.700. The molecule has 0 saturated heterocycles. The fourth-order valence-electron chi connectivity index (χ4n) is 8.36. The summed E-state index contributed by atoms with van der Waals surface area (Å²) in [6.07, 6.45) is 24.4. The minimum atomic E-state index is -5.11. The molecule has 0 aliphatic heterocycles. The molecule has 0 aromatic heterocycles. The van der Waals surface area contributed by atoms with E-state index in [1.54, 1.807) is 0 Å². The Bertz CT molecular complexity index is 1060. The summed E-state index contributed by atoms with van der Waals surface area (Å²) in [5.74, 6) is -0.557. The summed E-state index contributed by atoms with van der Waals surface area (Å²) in [6.45, 7) is 3.80. The van der Waals surface area contributed by atoms with Gasteiger partial charge in [0.25, 0.3) is 0 Å². The number of carbonyl (C=O) groups is 1. The minimum Gasteiger partial charge on any atom is -0.393 e. The first-order valence-electron chi connectivity index (χ1n) is 25.1. The summed E-state index contributed by atoms with van der Waals surface area (Å²) in [4.78, 5) is 23.5. The SMILES string of the molecule is CCCCCCCCCCCCCCCCCCCCCCC(O)C(COP(=O)(O)OC1C(O)C(O)C(O)C(O)C1O)NC(=O)CC(O)CCCCCCCCCCCCC. The lowest BCUT2D eigenvalue weighted by Crippen LogP contribution is -2.64. The number of nitrogens with one attached hydrogen (secondary N) is 1. The van der Waals surface area contributed by atoms with E-state index in [1.165, 1.54) is 141 Å². The van der Waals surface area contributed by atoms with Crippen LogP contribution < -0.4 is 5.32 Å². The summed E-state index contributed by atoms with van der Waals surface area (Å²) in [5.41, 5.74) is 0. The normalized spacial score (nSPS) is 23.1. The average molecular weight is 896 g/mol. The predicted octanol–water partition coefficient (Wildman–Crippen LogP) is 8.82. The molecule has 0 aromatic carbocycles. The van der Waals surface area contributed by atoms with Crippen molar-refractivity contribution in [3.63, 3.8) is 0 Å². The molecule has 13 nitrogen and oxygen atoms in total. The van der Waals surface area contributed by atoms with Crippen molar-refractivity contribution in [2.45, 2.75) is 287 Å². The van der Waals surface area contributed by atoms with E-state index < -0.39 is 75.2 Å². The van der Waals surface area contributed by atoms with E-state index in [0.717, 1.165) is 51.4 Å². The zero-order valence-electron chi connectivity index (χ0n) is 38.6. The molecule has 1 aliphatic rings. The lowest BCUT2D eigenvalue weighted by molar-refractivity contribution is -0.220. The number of aliphatic hydroxyl groups excluding tert-OH is 7. The second-order valence-electron chi connectivity index (χ2n) is 18.2. The van der Waals surface area contributed by atoms with Crippen molar-refractivity contribution in [3.05, 3.63) is 0 Å². The quantitative estimate of drug-likeness (QED) is 0.0207. The second kappa shape index (κ2) is 37.5. The maximum atomic E-state index is 13.0. The zero-order valence-corrected chi connectivity index (χ0v) is 39.5. The van der Waals surface area contributed by atoms with Crippen LogP contribution in [0.5, 0.6) is 0 Å². The van der Waals surface area contributed by atoms with Gasteiger partial charge in [-0.15, -0.1) is 0 Å². The second-order valence-corrected chi connectivity index (χ2v) is 19.6.